The van der Waals surface area contributed by atoms with E-state index in [1.165, 1.54) is 0 Å². The molecule has 0 saturated heterocycles. The molecule has 0 rings (SSSR count). The minimum Gasteiger partial charge on any atom is -0.343 e. The standard InChI is InChI=1S/C3H6Br.Zn/c1-2-3-4;/h1-3H2;/q-1;. The minimum absolute atomic E-state index is 0. The molecule has 0 aliphatic heterocycles. The van der Waals surface area contributed by atoms with E-state index >= 15 is 0 Å². The Hall–Kier alpha value is 1.10. The first-order valence-electron chi connectivity index (χ1n) is 1.27. The Morgan fingerprint density at radius 1 is 1.60 bits per heavy atom. The van der Waals surface area contributed by atoms with E-state index in [2.05, 4.69) is 22.9 Å². The van der Waals surface area contributed by atoms with Gasteiger partial charge in [-0.15, -0.1) is 0 Å². The first-order valence-corrected chi connectivity index (χ1v) is 2.39. The summed E-state index contributed by atoms with van der Waals surface area (Å²) in [6.07, 6.45) is 0.986. The van der Waals surface area contributed by atoms with Crippen LogP contribution in [0.4, 0.5) is 0 Å². The molecule has 0 nitrogen and oxygen atoms in total. The predicted molar refractivity (Wildman–Crippen MR) is 23.8 cm³/mol. The number of halogens is 1. The van der Waals surface area contributed by atoms with Crippen molar-refractivity contribution in [2.45, 2.75) is 6.42 Å². The Balaban J connectivity index is 0. The third kappa shape index (κ3) is 11.1. The quantitative estimate of drug-likeness (QED) is 0.332. The van der Waals surface area contributed by atoms with E-state index in [4.69, 9.17) is 0 Å². The van der Waals surface area contributed by atoms with Crippen molar-refractivity contribution in [1.82, 2.24) is 0 Å². The van der Waals surface area contributed by atoms with Crippen LogP contribution in [0.15, 0.2) is 0 Å². The van der Waals surface area contributed by atoms with E-state index in [1.807, 2.05) is 0 Å². The number of alkyl halides is 1. The van der Waals surface area contributed by atoms with E-state index in [9.17, 15) is 0 Å². The summed E-state index contributed by atoms with van der Waals surface area (Å²) in [5, 5.41) is 1.02. The second kappa shape index (κ2) is 8.92. The molecule has 5 heavy (non-hydrogen) atoms. The van der Waals surface area contributed by atoms with Crippen molar-refractivity contribution in [2.75, 3.05) is 5.33 Å². The van der Waals surface area contributed by atoms with Gasteiger partial charge in [0.2, 0.25) is 0 Å². The molecule has 0 bridgehead atoms. The van der Waals surface area contributed by atoms with Crippen LogP contribution in [-0.2, 0) is 19.5 Å². The average molecular weight is 187 g/mol. The molecule has 0 atom stereocenters. The zero-order valence-electron chi connectivity index (χ0n) is 3.21. The maximum atomic E-state index is 3.56. The van der Waals surface area contributed by atoms with Crippen molar-refractivity contribution in [3.63, 3.8) is 0 Å². The Labute approximate surface area is 54.2 Å². The summed E-state index contributed by atoms with van der Waals surface area (Å²) in [6, 6.07) is 0. The number of hydrogen-bond donors (Lipinski definition) is 0. The van der Waals surface area contributed by atoms with Crippen molar-refractivity contribution in [2.24, 2.45) is 0 Å². The molecule has 0 aromatic carbocycles. The topological polar surface area (TPSA) is 0 Å². The second-order valence-corrected chi connectivity index (χ2v) is 1.34. The van der Waals surface area contributed by atoms with Crippen molar-refractivity contribution < 1.29 is 19.5 Å². The van der Waals surface area contributed by atoms with Gasteiger partial charge in [-0.25, -0.2) is 0 Å². The van der Waals surface area contributed by atoms with Crippen LogP contribution in [0.2, 0.25) is 0 Å². The van der Waals surface area contributed by atoms with E-state index < -0.39 is 0 Å². The van der Waals surface area contributed by atoms with E-state index in [0.29, 0.717) is 0 Å². The molecule has 0 spiro atoms. The summed E-state index contributed by atoms with van der Waals surface area (Å²) >= 11 is 3.19. The minimum atomic E-state index is 0. The SMILES string of the molecule is [CH2-]CCBr.[Zn]. The molecule has 0 fully saturated rings. The second-order valence-electron chi connectivity index (χ2n) is 0.543. The van der Waals surface area contributed by atoms with Gasteiger partial charge in [0.25, 0.3) is 0 Å². The summed E-state index contributed by atoms with van der Waals surface area (Å²) in [5.74, 6) is 0. The number of hydrogen-bond acceptors (Lipinski definition) is 0. The maximum absolute atomic E-state index is 3.56. The maximum Gasteiger partial charge on any atom is 0 e. The average Bonchev–Trinajstić information content (AvgIpc) is 1.37. The smallest absolute Gasteiger partial charge is 0 e. The largest absolute Gasteiger partial charge is 0.343 e. The molecular weight excluding hydrogens is 181 g/mol. The molecule has 0 aromatic rings. The molecule has 0 aromatic heterocycles. The first kappa shape index (κ1) is 9.44. The molecule has 0 radical (unpaired) electrons. The Bertz CT molecular complexity index is 8.85. The van der Waals surface area contributed by atoms with Crippen LogP contribution in [0.1, 0.15) is 6.42 Å². The third-order valence-corrected chi connectivity index (χ3v) is 0.694. The molecule has 28 valence electrons. The van der Waals surface area contributed by atoms with Gasteiger partial charge in [0.05, 0.1) is 0 Å². The molecule has 0 heterocycles. The van der Waals surface area contributed by atoms with Gasteiger partial charge in [-0.1, -0.05) is 15.9 Å². The zero-order chi connectivity index (χ0) is 3.41. The summed E-state index contributed by atoms with van der Waals surface area (Å²) in [4.78, 5) is 0. The number of rotatable bonds is 1. The van der Waals surface area contributed by atoms with Gasteiger partial charge in [0.1, 0.15) is 0 Å². The van der Waals surface area contributed by atoms with Crippen LogP contribution in [0.25, 0.3) is 0 Å². The molecule has 0 saturated carbocycles. The Morgan fingerprint density at radius 2 is 1.80 bits per heavy atom. The van der Waals surface area contributed by atoms with Gasteiger partial charge in [0, 0.05) is 19.5 Å². The van der Waals surface area contributed by atoms with E-state index in [1.54, 1.807) is 0 Å². The summed E-state index contributed by atoms with van der Waals surface area (Å²) in [7, 11) is 0. The molecular formula is C3H6BrZn-. The monoisotopic (exact) mass is 185 g/mol. The molecule has 0 unspecified atom stereocenters. The normalized spacial score (nSPS) is 6.00. The van der Waals surface area contributed by atoms with Gasteiger partial charge < -0.3 is 6.92 Å². The summed E-state index contributed by atoms with van der Waals surface area (Å²) in [5.41, 5.74) is 0. The fourth-order valence-electron chi connectivity index (χ4n) is 0. The van der Waals surface area contributed by atoms with E-state index in [0.717, 1.165) is 11.8 Å². The van der Waals surface area contributed by atoms with Crippen molar-refractivity contribution in [3.05, 3.63) is 6.92 Å². The molecule has 0 aliphatic carbocycles. The van der Waals surface area contributed by atoms with Gasteiger partial charge in [-0.2, -0.15) is 6.42 Å². The van der Waals surface area contributed by atoms with Crippen molar-refractivity contribution in [3.8, 4) is 0 Å². The molecule has 0 N–H and O–H groups in total. The van der Waals surface area contributed by atoms with Gasteiger partial charge in [-0.05, 0) is 5.33 Å². The van der Waals surface area contributed by atoms with Crippen molar-refractivity contribution in [1.29, 1.82) is 0 Å². The predicted octanol–water partition coefficient (Wildman–Crippen LogP) is 1.60. The Kier molecular flexibility index (Phi) is 16.8. The zero-order valence-corrected chi connectivity index (χ0v) is 7.76. The Morgan fingerprint density at radius 3 is 1.80 bits per heavy atom. The summed E-state index contributed by atoms with van der Waals surface area (Å²) < 4.78 is 0. The van der Waals surface area contributed by atoms with E-state index in [-0.39, 0.29) is 19.5 Å². The van der Waals surface area contributed by atoms with Gasteiger partial charge in [0.15, 0.2) is 0 Å². The van der Waals surface area contributed by atoms with Crippen molar-refractivity contribution >= 4 is 15.9 Å². The van der Waals surface area contributed by atoms with Crippen LogP contribution in [0.3, 0.4) is 0 Å². The van der Waals surface area contributed by atoms with Crippen LogP contribution < -0.4 is 0 Å². The fourth-order valence-corrected chi connectivity index (χ4v) is 0. The van der Waals surface area contributed by atoms with Crippen LogP contribution >= 0.6 is 15.9 Å². The third-order valence-electron chi connectivity index (χ3n) is 0.134. The van der Waals surface area contributed by atoms with Gasteiger partial charge in [-0.3, -0.25) is 0 Å². The van der Waals surface area contributed by atoms with Crippen LogP contribution in [0, 0.1) is 6.92 Å². The molecule has 2 heteroatoms. The molecule has 0 amide bonds. The van der Waals surface area contributed by atoms with Gasteiger partial charge >= 0.3 is 0 Å². The summed E-state index contributed by atoms with van der Waals surface area (Å²) in [6.45, 7) is 3.56. The fraction of sp³-hybridized carbons (Fsp3) is 0.667. The van der Waals surface area contributed by atoms with Crippen LogP contribution in [0.5, 0.6) is 0 Å². The molecule has 0 aliphatic rings. The first-order chi connectivity index (χ1) is 1.91. The van der Waals surface area contributed by atoms with Crippen LogP contribution in [-0.4, -0.2) is 5.33 Å².